The van der Waals surface area contributed by atoms with E-state index in [1.807, 2.05) is 13.8 Å². The van der Waals surface area contributed by atoms with E-state index in [1.54, 1.807) is 13.2 Å². The summed E-state index contributed by atoms with van der Waals surface area (Å²) in [5, 5.41) is 0.0198. The Hall–Kier alpha value is -1.02. The van der Waals surface area contributed by atoms with Crippen molar-refractivity contribution in [1.82, 2.24) is 9.71 Å². The molecule has 1 aromatic rings. The van der Waals surface area contributed by atoms with Gasteiger partial charge in [-0.25, -0.2) is 18.1 Å². The molecular formula is C13H21N3O3S. The molecule has 2 rings (SSSR count). The molecule has 2 atom stereocenters. The van der Waals surface area contributed by atoms with Crippen LogP contribution in [-0.2, 0) is 21.3 Å². The second kappa shape index (κ2) is 5.40. The summed E-state index contributed by atoms with van der Waals surface area (Å²) < 4.78 is 32.6. The first-order valence-electron chi connectivity index (χ1n) is 6.51. The number of nitrogens with zero attached hydrogens (tertiary/aromatic N) is 1. The monoisotopic (exact) mass is 299 g/mol. The Bertz CT molecular complexity index is 569. The van der Waals surface area contributed by atoms with Crippen molar-refractivity contribution in [2.45, 2.75) is 44.0 Å². The van der Waals surface area contributed by atoms with Gasteiger partial charge in [-0.3, -0.25) is 0 Å². The van der Waals surface area contributed by atoms with Crippen LogP contribution in [0.2, 0.25) is 0 Å². The maximum atomic E-state index is 12.3. The van der Waals surface area contributed by atoms with Crippen molar-refractivity contribution in [2.75, 3.05) is 7.11 Å². The van der Waals surface area contributed by atoms with Gasteiger partial charge in [-0.1, -0.05) is 19.9 Å². The topological polar surface area (TPSA) is 94.3 Å². The van der Waals surface area contributed by atoms with Gasteiger partial charge in [0.15, 0.2) is 5.03 Å². The summed E-state index contributed by atoms with van der Waals surface area (Å²) in [4.78, 5) is 3.96. The molecular weight excluding hydrogens is 278 g/mol. The minimum Gasteiger partial charge on any atom is -0.381 e. The maximum Gasteiger partial charge on any atom is 0.258 e. The molecule has 0 aromatic carbocycles. The first-order valence-corrected chi connectivity index (χ1v) is 7.99. The highest BCUT2D eigenvalue weighted by atomic mass is 32.2. The fourth-order valence-corrected chi connectivity index (χ4v) is 3.76. The maximum absolute atomic E-state index is 12.3. The number of hydrogen-bond donors (Lipinski definition) is 2. The number of nitrogens with one attached hydrogen (secondary N) is 1. The van der Waals surface area contributed by atoms with Crippen LogP contribution in [0.1, 0.15) is 25.8 Å². The zero-order valence-corrected chi connectivity index (χ0v) is 12.8. The molecule has 1 fully saturated rings. The van der Waals surface area contributed by atoms with Crippen molar-refractivity contribution < 1.29 is 13.2 Å². The molecule has 1 heterocycles. The number of hydrogen-bond acceptors (Lipinski definition) is 5. The van der Waals surface area contributed by atoms with Gasteiger partial charge in [-0.2, -0.15) is 0 Å². The summed E-state index contributed by atoms with van der Waals surface area (Å²) in [5.74, 6) is 0. The highest BCUT2D eigenvalue weighted by molar-refractivity contribution is 7.89. The summed E-state index contributed by atoms with van der Waals surface area (Å²) >= 11 is 0. The summed E-state index contributed by atoms with van der Waals surface area (Å²) in [6.07, 6.45) is 2.23. The van der Waals surface area contributed by atoms with E-state index in [1.165, 1.54) is 12.3 Å². The smallest absolute Gasteiger partial charge is 0.258 e. The normalized spacial score (nSPS) is 25.2. The van der Waals surface area contributed by atoms with E-state index in [4.69, 9.17) is 10.5 Å². The number of pyridine rings is 1. The van der Waals surface area contributed by atoms with Gasteiger partial charge < -0.3 is 10.5 Å². The lowest BCUT2D eigenvalue weighted by Crippen LogP contribution is -2.61. The van der Waals surface area contributed by atoms with Crippen LogP contribution in [0, 0.1) is 5.41 Å². The third-order valence-corrected chi connectivity index (χ3v) is 5.46. The molecule has 112 valence electrons. The molecule has 1 aromatic heterocycles. The van der Waals surface area contributed by atoms with Crippen LogP contribution in [0.4, 0.5) is 0 Å². The van der Waals surface area contributed by atoms with Crippen molar-refractivity contribution in [2.24, 2.45) is 11.1 Å². The van der Waals surface area contributed by atoms with E-state index in [0.29, 0.717) is 13.0 Å². The highest BCUT2D eigenvalue weighted by Gasteiger charge is 2.50. The average Bonchev–Trinajstić information content (AvgIpc) is 2.43. The number of aromatic nitrogens is 1. The van der Waals surface area contributed by atoms with Crippen molar-refractivity contribution in [3.63, 3.8) is 0 Å². The van der Waals surface area contributed by atoms with Crippen molar-refractivity contribution in [3.05, 3.63) is 23.9 Å². The molecule has 6 nitrogen and oxygen atoms in total. The van der Waals surface area contributed by atoms with Crippen molar-refractivity contribution in [3.8, 4) is 0 Å². The summed E-state index contributed by atoms with van der Waals surface area (Å²) in [6, 6.07) is 3.00. The van der Waals surface area contributed by atoms with Crippen LogP contribution in [0.25, 0.3) is 0 Å². The SMILES string of the molecule is COC1CC(NS(=O)(=O)c2ccc(CN)cn2)C1(C)C. The second-order valence-corrected chi connectivity index (χ2v) is 7.32. The number of methoxy groups -OCH3 is 1. The van der Waals surface area contributed by atoms with Gasteiger partial charge in [0.1, 0.15) is 0 Å². The molecule has 1 aliphatic rings. The molecule has 20 heavy (non-hydrogen) atoms. The molecule has 0 spiro atoms. The van der Waals surface area contributed by atoms with Crippen LogP contribution >= 0.6 is 0 Å². The Labute approximate surface area is 119 Å². The minimum absolute atomic E-state index is 0.0198. The predicted molar refractivity (Wildman–Crippen MR) is 75.4 cm³/mol. The molecule has 0 saturated heterocycles. The third-order valence-electron chi connectivity index (χ3n) is 4.07. The summed E-state index contributed by atoms with van der Waals surface area (Å²) in [7, 11) is -1.96. The quantitative estimate of drug-likeness (QED) is 0.831. The molecule has 2 unspecified atom stereocenters. The third kappa shape index (κ3) is 2.71. The van der Waals surface area contributed by atoms with Gasteiger partial charge in [0.25, 0.3) is 10.0 Å². The number of ether oxygens (including phenoxy) is 1. The zero-order chi connectivity index (χ0) is 15.0. The molecule has 0 aliphatic heterocycles. The molecule has 1 saturated carbocycles. The van der Waals surface area contributed by atoms with E-state index in [-0.39, 0.29) is 22.6 Å². The van der Waals surface area contributed by atoms with E-state index in [0.717, 1.165) is 5.56 Å². The van der Waals surface area contributed by atoms with Crippen molar-refractivity contribution >= 4 is 10.0 Å². The number of rotatable bonds is 5. The Morgan fingerprint density at radius 1 is 1.50 bits per heavy atom. The van der Waals surface area contributed by atoms with Gasteiger partial charge in [-0.05, 0) is 18.1 Å². The fourth-order valence-electron chi connectivity index (χ4n) is 2.42. The fraction of sp³-hybridized carbons (Fsp3) is 0.615. The van der Waals surface area contributed by atoms with Crippen LogP contribution in [0.15, 0.2) is 23.4 Å². The van der Waals surface area contributed by atoms with Crippen LogP contribution in [0.3, 0.4) is 0 Å². The van der Waals surface area contributed by atoms with Gasteiger partial charge in [0.2, 0.25) is 0 Å². The number of nitrogens with two attached hydrogens (primary N) is 1. The lowest BCUT2D eigenvalue weighted by Gasteiger charge is -2.50. The van der Waals surface area contributed by atoms with Gasteiger partial charge in [-0.15, -0.1) is 0 Å². The Kier molecular flexibility index (Phi) is 4.15. The van der Waals surface area contributed by atoms with Crippen LogP contribution in [0.5, 0.6) is 0 Å². The lowest BCUT2D eigenvalue weighted by molar-refractivity contribution is -0.0908. The standard InChI is InChI=1S/C13H21N3O3S/c1-13(2)10(6-11(13)19-3)16-20(17,18)12-5-4-9(7-14)8-15-12/h4-5,8,10-11,16H,6-7,14H2,1-3H3. The molecule has 0 amide bonds. The Morgan fingerprint density at radius 3 is 2.65 bits per heavy atom. The first kappa shape index (κ1) is 15.4. The van der Waals surface area contributed by atoms with Crippen LogP contribution in [-0.4, -0.2) is 32.7 Å². The van der Waals surface area contributed by atoms with Gasteiger partial charge >= 0.3 is 0 Å². The Morgan fingerprint density at radius 2 is 2.20 bits per heavy atom. The summed E-state index contributed by atoms with van der Waals surface area (Å²) in [6.45, 7) is 4.32. The number of sulfonamides is 1. The van der Waals surface area contributed by atoms with E-state index in [2.05, 4.69) is 9.71 Å². The largest absolute Gasteiger partial charge is 0.381 e. The predicted octanol–water partition coefficient (Wildman–Crippen LogP) is 0.632. The minimum atomic E-state index is -3.61. The molecule has 3 N–H and O–H groups in total. The molecule has 0 bridgehead atoms. The molecule has 1 aliphatic carbocycles. The van der Waals surface area contributed by atoms with Gasteiger partial charge in [0, 0.05) is 31.3 Å². The average molecular weight is 299 g/mol. The van der Waals surface area contributed by atoms with Gasteiger partial charge in [0.05, 0.1) is 6.10 Å². The highest BCUT2D eigenvalue weighted by Crippen LogP contribution is 2.42. The molecule has 0 radical (unpaired) electrons. The van der Waals surface area contributed by atoms with Crippen molar-refractivity contribution in [1.29, 1.82) is 0 Å². The lowest BCUT2D eigenvalue weighted by atomic mass is 9.65. The summed E-state index contributed by atoms with van der Waals surface area (Å²) in [5.41, 5.74) is 6.04. The first-order chi connectivity index (χ1) is 9.31. The van der Waals surface area contributed by atoms with E-state index in [9.17, 15) is 8.42 Å². The van der Waals surface area contributed by atoms with E-state index < -0.39 is 10.0 Å². The molecule has 7 heteroatoms. The second-order valence-electron chi connectivity index (χ2n) is 5.66. The Balaban J connectivity index is 2.12. The zero-order valence-electron chi connectivity index (χ0n) is 12.0. The van der Waals surface area contributed by atoms with Crippen LogP contribution < -0.4 is 10.5 Å². The van der Waals surface area contributed by atoms with E-state index >= 15 is 0 Å².